The zero-order valence-corrected chi connectivity index (χ0v) is 14.2. The number of rotatable bonds is 3. The number of halogens is 1. The van der Waals surface area contributed by atoms with Gasteiger partial charge in [-0.2, -0.15) is 10.1 Å². The quantitative estimate of drug-likeness (QED) is 0.598. The smallest absolute Gasteiger partial charge is 0.224 e. The van der Waals surface area contributed by atoms with Crippen LogP contribution in [0.4, 0.5) is 10.3 Å². The highest BCUT2D eigenvalue weighted by atomic mass is 19.1. The van der Waals surface area contributed by atoms with Crippen LogP contribution in [0.25, 0.3) is 27.8 Å². The number of nitrogens with one attached hydrogen (secondary N) is 2. The van der Waals surface area contributed by atoms with E-state index < -0.39 is 5.82 Å². The lowest BCUT2D eigenvalue weighted by Gasteiger charge is -2.18. The van der Waals surface area contributed by atoms with Crippen molar-refractivity contribution in [3.63, 3.8) is 0 Å². The Kier molecular flexibility index (Phi) is 3.41. The summed E-state index contributed by atoms with van der Waals surface area (Å²) in [7, 11) is 0. The molecule has 4 aromatic heterocycles. The Bertz CT molecular complexity index is 1060. The van der Waals surface area contributed by atoms with Crippen molar-refractivity contribution in [1.82, 2.24) is 29.5 Å². The zero-order valence-electron chi connectivity index (χ0n) is 14.2. The van der Waals surface area contributed by atoms with Crippen LogP contribution in [0.2, 0.25) is 0 Å². The first kappa shape index (κ1) is 15.5. The van der Waals surface area contributed by atoms with Crippen LogP contribution in [0.15, 0.2) is 31.0 Å². The molecule has 0 unspecified atom stereocenters. The standard InChI is InChI=1S/C17H18FN7/c1-17(2,3)8-21-16-20-6-12-11(5-19-14(12)24-16)10-4-13(18)15-22-9-23-25(15)7-10/h4-7,9H,8H2,1-3H3,(H2,19,20,21,24). The zero-order chi connectivity index (χ0) is 17.6. The predicted octanol–water partition coefficient (Wildman–Crippen LogP) is 3.26. The predicted molar refractivity (Wildman–Crippen MR) is 93.8 cm³/mol. The molecule has 0 aliphatic heterocycles. The molecule has 8 heteroatoms. The summed E-state index contributed by atoms with van der Waals surface area (Å²) in [6.07, 6.45) is 6.60. The highest BCUT2D eigenvalue weighted by Crippen LogP contribution is 2.29. The van der Waals surface area contributed by atoms with E-state index in [4.69, 9.17) is 0 Å². The molecular formula is C17H18FN7. The number of anilines is 1. The van der Waals surface area contributed by atoms with E-state index in [1.807, 2.05) is 0 Å². The maximum atomic E-state index is 14.2. The fourth-order valence-corrected chi connectivity index (χ4v) is 2.61. The van der Waals surface area contributed by atoms with Crippen molar-refractivity contribution in [2.24, 2.45) is 5.41 Å². The lowest BCUT2D eigenvalue weighted by molar-refractivity contribution is 0.442. The van der Waals surface area contributed by atoms with E-state index in [9.17, 15) is 4.39 Å². The minimum absolute atomic E-state index is 0.129. The third-order valence-corrected chi connectivity index (χ3v) is 3.85. The van der Waals surface area contributed by atoms with Gasteiger partial charge in [-0.05, 0) is 11.5 Å². The minimum Gasteiger partial charge on any atom is -0.354 e. The summed E-state index contributed by atoms with van der Waals surface area (Å²) in [4.78, 5) is 15.9. The molecule has 0 atom stereocenters. The molecule has 0 saturated heterocycles. The Morgan fingerprint density at radius 1 is 1.28 bits per heavy atom. The molecule has 0 aromatic carbocycles. The van der Waals surface area contributed by atoms with Gasteiger partial charge in [0, 0.05) is 41.6 Å². The van der Waals surface area contributed by atoms with Gasteiger partial charge in [0.1, 0.15) is 12.0 Å². The average molecular weight is 339 g/mol. The Labute approximate surface area is 143 Å². The van der Waals surface area contributed by atoms with Crippen molar-refractivity contribution < 1.29 is 4.39 Å². The molecule has 4 rings (SSSR count). The van der Waals surface area contributed by atoms with Crippen molar-refractivity contribution in [3.8, 4) is 11.1 Å². The number of hydrogen-bond donors (Lipinski definition) is 2. The number of hydrogen-bond acceptors (Lipinski definition) is 5. The Hall–Kier alpha value is -3.03. The van der Waals surface area contributed by atoms with Gasteiger partial charge in [-0.25, -0.2) is 18.9 Å². The minimum atomic E-state index is -0.422. The number of pyridine rings is 1. The fraction of sp³-hybridized carbons (Fsp3) is 0.294. The van der Waals surface area contributed by atoms with E-state index in [1.54, 1.807) is 18.6 Å². The molecule has 0 aliphatic rings. The molecule has 2 N–H and O–H groups in total. The number of aromatic nitrogens is 6. The third kappa shape index (κ3) is 2.90. The van der Waals surface area contributed by atoms with Crippen molar-refractivity contribution in [2.75, 3.05) is 11.9 Å². The van der Waals surface area contributed by atoms with Crippen molar-refractivity contribution in [3.05, 3.63) is 36.8 Å². The number of nitrogens with zero attached hydrogens (tertiary/aromatic N) is 5. The molecule has 0 aliphatic carbocycles. The molecule has 4 aromatic rings. The highest BCUT2D eigenvalue weighted by molar-refractivity contribution is 5.93. The molecule has 0 bridgehead atoms. The maximum absolute atomic E-state index is 14.2. The number of fused-ring (bicyclic) bond motifs is 2. The first-order valence-corrected chi connectivity index (χ1v) is 7.98. The van der Waals surface area contributed by atoms with Gasteiger partial charge in [0.15, 0.2) is 11.5 Å². The van der Waals surface area contributed by atoms with Gasteiger partial charge < -0.3 is 10.3 Å². The summed E-state index contributed by atoms with van der Waals surface area (Å²) in [5.74, 6) is 0.141. The van der Waals surface area contributed by atoms with Crippen molar-refractivity contribution in [1.29, 1.82) is 0 Å². The van der Waals surface area contributed by atoms with E-state index in [-0.39, 0.29) is 11.1 Å². The summed E-state index contributed by atoms with van der Waals surface area (Å²) in [6.45, 7) is 7.18. The highest BCUT2D eigenvalue weighted by Gasteiger charge is 2.14. The Balaban J connectivity index is 1.73. The molecule has 0 spiro atoms. The van der Waals surface area contributed by atoms with Crippen LogP contribution in [0.1, 0.15) is 20.8 Å². The summed E-state index contributed by atoms with van der Waals surface area (Å²) in [6, 6.07) is 1.44. The SMILES string of the molecule is CC(C)(C)CNc1ncc2c(-c3cc(F)c4ncnn4c3)c[nH]c2n1. The Morgan fingerprint density at radius 2 is 2.12 bits per heavy atom. The molecule has 25 heavy (non-hydrogen) atoms. The lowest BCUT2D eigenvalue weighted by atomic mass is 9.97. The number of H-pyrrole nitrogens is 1. The summed E-state index contributed by atoms with van der Waals surface area (Å²) >= 11 is 0. The van der Waals surface area contributed by atoms with Crippen LogP contribution in [0, 0.1) is 11.2 Å². The van der Waals surface area contributed by atoms with Crippen LogP contribution >= 0.6 is 0 Å². The monoisotopic (exact) mass is 339 g/mol. The summed E-state index contributed by atoms with van der Waals surface area (Å²) < 4.78 is 15.6. The molecule has 0 amide bonds. The van der Waals surface area contributed by atoms with Crippen molar-refractivity contribution in [2.45, 2.75) is 20.8 Å². The van der Waals surface area contributed by atoms with Crippen molar-refractivity contribution >= 4 is 22.6 Å². The fourth-order valence-electron chi connectivity index (χ4n) is 2.61. The normalized spacial score (nSPS) is 12.2. The largest absolute Gasteiger partial charge is 0.354 e. The maximum Gasteiger partial charge on any atom is 0.224 e. The first-order valence-electron chi connectivity index (χ1n) is 7.98. The van der Waals surface area contributed by atoms with E-state index in [0.717, 1.165) is 17.5 Å². The van der Waals surface area contributed by atoms with Gasteiger partial charge in [-0.15, -0.1) is 0 Å². The van der Waals surface area contributed by atoms with Crippen LogP contribution < -0.4 is 5.32 Å². The lowest BCUT2D eigenvalue weighted by Crippen LogP contribution is -2.20. The average Bonchev–Trinajstić information content (AvgIpc) is 3.18. The Morgan fingerprint density at radius 3 is 2.92 bits per heavy atom. The second kappa shape index (κ2) is 5.51. The van der Waals surface area contributed by atoms with Gasteiger partial charge in [-0.1, -0.05) is 20.8 Å². The van der Waals surface area contributed by atoms with E-state index in [1.165, 1.54) is 16.9 Å². The van der Waals surface area contributed by atoms with E-state index >= 15 is 0 Å². The van der Waals surface area contributed by atoms with Gasteiger partial charge >= 0.3 is 0 Å². The summed E-state index contributed by atoms with van der Waals surface area (Å²) in [5, 5.41) is 8.06. The van der Waals surface area contributed by atoms with Gasteiger partial charge in [0.2, 0.25) is 5.95 Å². The molecule has 0 fully saturated rings. The van der Waals surface area contributed by atoms with Crippen LogP contribution in [-0.2, 0) is 0 Å². The van der Waals surface area contributed by atoms with Crippen LogP contribution in [0.5, 0.6) is 0 Å². The van der Waals surface area contributed by atoms with Gasteiger partial charge in [0.25, 0.3) is 0 Å². The molecule has 0 radical (unpaired) electrons. The van der Waals surface area contributed by atoms with Crippen LogP contribution in [0.3, 0.4) is 0 Å². The van der Waals surface area contributed by atoms with Crippen LogP contribution in [-0.4, -0.2) is 36.1 Å². The molecule has 0 saturated carbocycles. The molecular weight excluding hydrogens is 321 g/mol. The van der Waals surface area contributed by atoms with E-state index in [2.05, 4.69) is 51.1 Å². The summed E-state index contributed by atoms with van der Waals surface area (Å²) in [5.41, 5.74) is 2.52. The topological polar surface area (TPSA) is 83.8 Å². The third-order valence-electron chi connectivity index (χ3n) is 3.85. The second-order valence-electron chi connectivity index (χ2n) is 7.18. The second-order valence-corrected chi connectivity index (χ2v) is 7.18. The molecule has 7 nitrogen and oxygen atoms in total. The van der Waals surface area contributed by atoms with Gasteiger partial charge in [-0.3, -0.25) is 0 Å². The first-order chi connectivity index (χ1) is 11.9. The molecule has 128 valence electrons. The van der Waals surface area contributed by atoms with E-state index in [0.29, 0.717) is 17.2 Å². The number of aromatic amines is 1. The van der Waals surface area contributed by atoms with Gasteiger partial charge in [0.05, 0.1) is 0 Å². The molecule has 4 heterocycles.